The number of fused-ring (bicyclic) bond motifs is 1. The normalized spacial score (nSPS) is 10.8. The van der Waals surface area contributed by atoms with Gasteiger partial charge in [0.1, 0.15) is 18.2 Å². The first-order valence-electron chi connectivity index (χ1n) is 9.83. The maximum atomic E-state index is 13.8. The molecule has 0 unspecified atom stereocenters. The van der Waals surface area contributed by atoms with Gasteiger partial charge in [-0.1, -0.05) is 30.3 Å². The molecule has 0 radical (unpaired) electrons. The van der Waals surface area contributed by atoms with Crippen LogP contribution in [0.2, 0.25) is 0 Å². The third-order valence-corrected chi connectivity index (χ3v) is 4.83. The summed E-state index contributed by atoms with van der Waals surface area (Å²) in [6.07, 6.45) is 0.681. The molecular formula is C23H19F3N4O2. The summed E-state index contributed by atoms with van der Waals surface area (Å²) in [7, 11) is 0. The number of rotatable bonds is 7. The summed E-state index contributed by atoms with van der Waals surface area (Å²) in [5, 5.41) is 12.8. The summed E-state index contributed by atoms with van der Waals surface area (Å²) in [5.41, 5.74) is 1.22. The number of urea groups is 1. The van der Waals surface area contributed by atoms with Crippen LogP contribution in [0, 0.1) is 17.5 Å². The second-order valence-corrected chi connectivity index (χ2v) is 7.01. The number of carbonyl (C=O) groups is 1. The molecule has 1 aromatic heterocycles. The zero-order valence-corrected chi connectivity index (χ0v) is 16.8. The molecule has 4 rings (SSSR count). The molecule has 0 aliphatic rings. The summed E-state index contributed by atoms with van der Waals surface area (Å²) in [4.78, 5) is 12.2. The molecule has 6 nitrogen and oxygen atoms in total. The van der Waals surface area contributed by atoms with Crippen LogP contribution >= 0.6 is 0 Å². The van der Waals surface area contributed by atoms with Crippen molar-refractivity contribution in [2.75, 3.05) is 11.9 Å². The van der Waals surface area contributed by atoms with E-state index in [-0.39, 0.29) is 11.6 Å². The summed E-state index contributed by atoms with van der Waals surface area (Å²) in [5.74, 6) is -2.80. The molecule has 1 heterocycles. The van der Waals surface area contributed by atoms with Crippen LogP contribution in [0.1, 0.15) is 11.1 Å². The molecule has 0 aliphatic heterocycles. The molecular weight excluding hydrogens is 421 g/mol. The Labute approximate surface area is 181 Å². The van der Waals surface area contributed by atoms with E-state index in [1.807, 2.05) is 30.3 Å². The van der Waals surface area contributed by atoms with E-state index in [0.717, 1.165) is 11.6 Å². The molecule has 9 heteroatoms. The van der Waals surface area contributed by atoms with Gasteiger partial charge in [-0.2, -0.15) is 5.10 Å². The lowest BCUT2D eigenvalue weighted by Gasteiger charge is -2.09. The quantitative estimate of drug-likeness (QED) is 0.357. The van der Waals surface area contributed by atoms with Crippen molar-refractivity contribution in [1.29, 1.82) is 0 Å². The lowest BCUT2D eigenvalue weighted by molar-refractivity contribution is 0.252. The Bertz CT molecular complexity index is 1240. The van der Waals surface area contributed by atoms with E-state index in [1.54, 1.807) is 18.2 Å². The Hall–Kier alpha value is -4.01. The number of nitrogens with zero attached hydrogens (tertiary/aromatic N) is 1. The topological polar surface area (TPSA) is 79.0 Å². The fraction of sp³-hybridized carbons (Fsp3) is 0.130. The van der Waals surface area contributed by atoms with Crippen molar-refractivity contribution >= 4 is 22.8 Å². The molecule has 0 aliphatic carbocycles. The number of H-pyrrole nitrogens is 1. The van der Waals surface area contributed by atoms with Gasteiger partial charge in [-0.3, -0.25) is 10.4 Å². The average Bonchev–Trinajstić information content (AvgIpc) is 3.19. The van der Waals surface area contributed by atoms with Crippen LogP contribution in [0.3, 0.4) is 0 Å². The number of anilines is 1. The smallest absolute Gasteiger partial charge is 0.320 e. The molecule has 0 spiro atoms. The number of nitrogens with one attached hydrogen (secondary N) is 3. The number of hydrogen-bond donors (Lipinski definition) is 3. The molecule has 0 saturated carbocycles. The van der Waals surface area contributed by atoms with Gasteiger partial charge in [0.25, 0.3) is 0 Å². The Morgan fingerprint density at radius 2 is 1.78 bits per heavy atom. The lowest BCUT2D eigenvalue weighted by Crippen LogP contribution is -2.30. The molecule has 0 atom stereocenters. The molecule has 0 saturated heterocycles. The number of aromatic nitrogens is 2. The summed E-state index contributed by atoms with van der Waals surface area (Å²) < 4.78 is 46.4. The summed E-state index contributed by atoms with van der Waals surface area (Å²) in [6.45, 7) is -0.0567. The van der Waals surface area contributed by atoms with Crippen molar-refractivity contribution in [2.45, 2.75) is 13.0 Å². The highest BCUT2D eigenvalue weighted by Crippen LogP contribution is 2.26. The van der Waals surface area contributed by atoms with E-state index in [4.69, 9.17) is 4.74 Å². The fourth-order valence-corrected chi connectivity index (χ4v) is 3.15. The highest BCUT2D eigenvalue weighted by atomic mass is 19.2. The van der Waals surface area contributed by atoms with Crippen LogP contribution in [0.4, 0.5) is 23.8 Å². The van der Waals surface area contributed by atoms with Gasteiger partial charge in [-0.15, -0.1) is 0 Å². The zero-order valence-electron chi connectivity index (χ0n) is 16.8. The van der Waals surface area contributed by atoms with E-state index in [0.29, 0.717) is 29.9 Å². The van der Waals surface area contributed by atoms with E-state index in [9.17, 15) is 18.0 Å². The molecule has 4 aromatic rings. The van der Waals surface area contributed by atoms with Crippen LogP contribution in [-0.4, -0.2) is 22.8 Å². The predicted octanol–water partition coefficient (Wildman–Crippen LogP) is 4.92. The van der Waals surface area contributed by atoms with Gasteiger partial charge in [0.15, 0.2) is 17.5 Å². The first-order valence-corrected chi connectivity index (χ1v) is 9.83. The molecule has 2 amide bonds. The molecule has 0 bridgehead atoms. The van der Waals surface area contributed by atoms with Gasteiger partial charge in [0.05, 0.1) is 11.1 Å². The van der Waals surface area contributed by atoms with E-state index in [1.165, 1.54) is 0 Å². The number of hydrogen-bond acceptors (Lipinski definition) is 3. The second-order valence-electron chi connectivity index (χ2n) is 7.01. The van der Waals surface area contributed by atoms with Crippen LogP contribution in [-0.2, 0) is 13.0 Å². The van der Waals surface area contributed by atoms with Crippen LogP contribution in [0.15, 0.2) is 60.7 Å². The minimum Gasteiger partial charge on any atom is -0.489 e. The molecule has 0 fully saturated rings. The minimum atomic E-state index is -1.29. The van der Waals surface area contributed by atoms with Crippen LogP contribution < -0.4 is 15.4 Å². The Morgan fingerprint density at radius 3 is 2.59 bits per heavy atom. The van der Waals surface area contributed by atoms with Gasteiger partial charge >= 0.3 is 6.03 Å². The van der Waals surface area contributed by atoms with Crippen molar-refractivity contribution < 1.29 is 22.7 Å². The monoisotopic (exact) mass is 440 g/mol. The SMILES string of the molecule is O=C(NCCc1ccccc1)Nc1n[nH]c2ccc(OCc3c(F)ccc(F)c3F)cc12. The van der Waals surface area contributed by atoms with Gasteiger partial charge in [0, 0.05) is 11.9 Å². The first kappa shape index (κ1) is 21.2. The Balaban J connectivity index is 1.40. The summed E-state index contributed by atoms with van der Waals surface area (Å²) >= 11 is 0. The van der Waals surface area contributed by atoms with Crippen molar-refractivity contribution in [1.82, 2.24) is 15.5 Å². The molecule has 164 valence electrons. The Kier molecular flexibility index (Phi) is 6.25. The number of aromatic amines is 1. The number of amides is 2. The first-order chi connectivity index (χ1) is 15.5. The van der Waals surface area contributed by atoms with Crippen LogP contribution in [0.5, 0.6) is 5.75 Å². The number of benzene rings is 3. The van der Waals surface area contributed by atoms with Crippen molar-refractivity contribution in [3.63, 3.8) is 0 Å². The van der Waals surface area contributed by atoms with E-state index in [2.05, 4.69) is 20.8 Å². The highest BCUT2D eigenvalue weighted by Gasteiger charge is 2.15. The molecule has 3 N–H and O–H groups in total. The zero-order chi connectivity index (χ0) is 22.5. The highest BCUT2D eigenvalue weighted by molar-refractivity contribution is 5.99. The number of ether oxygens (including phenoxy) is 1. The van der Waals surface area contributed by atoms with Gasteiger partial charge in [0.2, 0.25) is 0 Å². The number of carbonyl (C=O) groups excluding carboxylic acids is 1. The van der Waals surface area contributed by atoms with Gasteiger partial charge in [-0.25, -0.2) is 18.0 Å². The lowest BCUT2D eigenvalue weighted by atomic mass is 10.1. The third kappa shape index (κ3) is 4.83. The standard InChI is InChI=1S/C23H19F3N4O2/c24-18-7-8-19(25)21(26)17(18)13-32-15-6-9-20-16(12-15)22(30-29-20)28-23(31)27-11-10-14-4-2-1-3-5-14/h1-9,12H,10-11,13H2,(H3,27,28,29,30,31). The maximum absolute atomic E-state index is 13.8. The predicted molar refractivity (Wildman–Crippen MR) is 114 cm³/mol. The molecule has 3 aromatic carbocycles. The van der Waals surface area contributed by atoms with E-state index >= 15 is 0 Å². The third-order valence-electron chi connectivity index (χ3n) is 4.83. The average molecular weight is 440 g/mol. The van der Waals surface area contributed by atoms with Gasteiger partial charge in [-0.05, 0) is 42.3 Å². The van der Waals surface area contributed by atoms with Crippen molar-refractivity contribution in [3.8, 4) is 5.75 Å². The minimum absolute atomic E-state index is 0.269. The van der Waals surface area contributed by atoms with E-state index < -0.39 is 35.7 Å². The van der Waals surface area contributed by atoms with Crippen molar-refractivity contribution in [2.24, 2.45) is 0 Å². The van der Waals surface area contributed by atoms with Gasteiger partial charge < -0.3 is 10.1 Å². The summed E-state index contributed by atoms with van der Waals surface area (Å²) in [6, 6.07) is 15.7. The number of halogens is 3. The maximum Gasteiger partial charge on any atom is 0.320 e. The Morgan fingerprint density at radius 1 is 1.00 bits per heavy atom. The second kappa shape index (κ2) is 9.42. The fourth-order valence-electron chi connectivity index (χ4n) is 3.15. The van der Waals surface area contributed by atoms with Crippen LogP contribution in [0.25, 0.3) is 10.9 Å². The largest absolute Gasteiger partial charge is 0.489 e. The van der Waals surface area contributed by atoms with Crippen molar-refractivity contribution in [3.05, 3.63) is 89.2 Å². The molecule has 32 heavy (non-hydrogen) atoms.